The summed E-state index contributed by atoms with van der Waals surface area (Å²) in [5, 5.41) is 2.83. The maximum Gasteiger partial charge on any atom is 0.259 e. The predicted octanol–water partition coefficient (Wildman–Crippen LogP) is 4.95. The van der Waals surface area contributed by atoms with Gasteiger partial charge in [0.25, 0.3) is 5.91 Å². The minimum absolute atomic E-state index is 0.208. The molecule has 0 spiro atoms. The van der Waals surface area contributed by atoms with Gasteiger partial charge in [-0.2, -0.15) is 0 Å². The Kier molecular flexibility index (Phi) is 4.57. The summed E-state index contributed by atoms with van der Waals surface area (Å²) in [7, 11) is 0. The summed E-state index contributed by atoms with van der Waals surface area (Å²) >= 11 is 0. The minimum Gasteiger partial charge on any atom is -0.466 e. The summed E-state index contributed by atoms with van der Waals surface area (Å²) < 4.78 is 11.2. The van der Waals surface area contributed by atoms with Crippen molar-refractivity contribution in [3.63, 3.8) is 0 Å². The van der Waals surface area contributed by atoms with E-state index in [1.165, 1.54) is 5.56 Å². The van der Waals surface area contributed by atoms with E-state index in [9.17, 15) is 4.79 Å². The molecule has 5 nitrogen and oxygen atoms in total. The van der Waals surface area contributed by atoms with Crippen molar-refractivity contribution < 1.29 is 13.9 Å². The third kappa shape index (κ3) is 3.71. The second-order valence-electron chi connectivity index (χ2n) is 5.97. The van der Waals surface area contributed by atoms with Crippen molar-refractivity contribution in [3.05, 3.63) is 70.8 Å². The number of anilines is 1. The van der Waals surface area contributed by atoms with Gasteiger partial charge in [-0.25, -0.2) is 4.98 Å². The lowest BCUT2D eigenvalue weighted by atomic mass is 10.1. The van der Waals surface area contributed by atoms with Crippen LogP contribution in [0.5, 0.6) is 11.6 Å². The van der Waals surface area contributed by atoms with Gasteiger partial charge in [-0.1, -0.05) is 17.7 Å². The molecule has 0 fully saturated rings. The lowest BCUT2D eigenvalue weighted by Gasteiger charge is -2.07. The number of carbonyl (C=O) groups excluding carboxylic acids is 1. The third-order valence-electron chi connectivity index (χ3n) is 4.03. The summed E-state index contributed by atoms with van der Waals surface area (Å²) in [6, 6.07) is 11.2. The smallest absolute Gasteiger partial charge is 0.259 e. The molecule has 1 N–H and O–H groups in total. The summed E-state index contributed by atoms with van der Waals surface area (Å²) in [4.78, 5) is 16.7. The molecular weight excluding hydrogens is 316 g/mol. The van der Waals surface area contributed by atoms with Crippen LogP contribution in [0.1, 0.15) is 33.0 Å². The number of hydrogen-bond acceptors (Lipinski definition) is 4. The Labute approximate surface area is 146 Å². The second kappa shape index (κ2) is 6.81. The van der Waals surface area contributed by atoms with Crippen LogP contribution in [0, 0.1) is 27.7 Å². The van der Waals surface area contributed by atoms with Crippen LogP contribution in [0.15, 0.2) is 47.0 Å². The Morgan fingerprint density at radius 3 is 2.28 bits per heavy atom. The van der Waals surface area contributed by atoms with Crippen molar-refractivity contribution in [3.8, 4) is 11.6 Å². The van der Waals surface area contributed by atoms with Gasteiger partial charge in [-0.3, -0.25) is 4.79 Å². The first kappa shape index (κ1) is 16.8. The number of furan rings is 1. The van der Waals surface area contributed by atoms with E-state index in [1.807, 2.05) is 45.0 Å². The van der Waals surface area contributed by atoms with Crippen molar-refractivity contribution in [1.82, 2.24) is 4.98 Å². The number of amides is 1. The van der Waals surface area contributed by atoms with Gasteiger partial charge >= 0.3 is 0 Å². The van der Waals surface area contributed by atoms with Crippen molar-refractivity contribution in [2.75, 3.05) is 5.32 Å². The van der Waals surface area contributed by atoms with Gasteiger partial charge in [0.05, 0.1) is 17.4 Å². The molecule has 0 radical (unpaired) electrons. The van der Waals surface area contributed by atoms with E-state index in [1.54, 1.807) is 25.3 Å². The van der Waals surface area contributed by atoms with Gasteiger partial charge in [-0.15, -0.1) is 0 Å². The summed E-state index contributed by atoms with van der Waals surface area (Å²) in [5.41, 5.74) is 3.18. The summed E-state index contributed by atoms with van der Waals surface area (Å²) in [5.74, 6) is 2.34. The van der Waals surface area contributed by atoms with Gasteiger partial charge < -0.3 is 14.5 Å². The van der Waals surface area contributed by atoms with E-state index in [4.69, 9.17) is 9.15 Å². The average Bonchev–Trinajstić information content (AvgIpc) is 2.84. The van der Waals surface area contributed by atoms with Crippen molar-refractivity contribution >= 4 is 11.6 Å². The molecule has 2 aromatic heterocycles. The molecule has 0 aliphatic rings. The number of carbonyl (C=O) groups is 1. The minimum atomic E-state index is -0.208. The van der Waals surface area contributed by atoms with Crippen molar-refractivity contribution in [1.29, 1.82) is 0 Å². The van der Waals surface area contributed by atoms with E-state index in [0.717, 1.165) is 17.1 Å². The normalized spacial score (nSPS) is 10.6. The van der Waals surface area contributed by atoms with E-state index >= 15 is 0 Å². The van der Waals surface area contributed by atoms with Crippen LogP contribution in [-0.2, 0) is 0 Å². The number of benzene rings is 1. The number of rotatable bonds is 4. The van der Waals surface area contributed by atoms with Crippen molar-refractivity contribution in [2.24, 2.45) is 0 Å². The lowest BCUT2D eigenvalue weighted by molar-refractivity contribution is 0.102. The zero-order valence-corrected chi connectivity index (χ0v) is 14.7. The number of aryl methyl sites for hydroxylation is 3. The maximum absolute atomic E-state index is 12.4. The second-order valence-corrected chi connectivity index (χ2v) is 5.97. The predicted molar refractivity (Wildman–Crippen MR) is 96.4 cm³/mol. The first-order valence-electron chi connectivity index (χ1n) is 8.02. The third-order valence-corrected chi connectivity index (χ3v) is 4.03. The van der Waals surface area contributed by atoms with Gasteiger partial charge in [0.15, 0.2) is 0 Å². The maximum atomic E-state index is 12.4. The number of nitrogens with zero attached hydrogens (tertiary/aromatic N) is 1. The first-order chi connectivity index (χ1) is 11.9. The molecule has 5 heteroatoms. The highest BCUT2D eigenvalue weighted by Crippen LogP contribution is 2.23. The van der Waals surface area contributed by atoms with E-state index in [2.05, 4.69) is 10.3 Å². The lowest BCUT2D eigenvalue weighted by Crippen LogP contribution is -2.13. The summed E-state index contributed by atoms with van der Waals surface area (Å²) in [6.45, 7) is 7.52. The molecule has 25 heavy (non-hydrogen) atoms. The highest BCUT2D eigenvalue weighted by molar-refractivity contribution is 6.06. The van der Waals surface area contributed by atoms with Crippen LogP contribution in [0.2, 0.25) is 0 Å². The highest BCUT2D eigenvalue weighted by atomic mass is 16.5. The van der Waals surface area contributed by atoms with Gasteiger partial charge in [0.2, 0.25) is 5.88 Å². The van der Waals surface area contributed by atoms with Crippen LogP contribution in [0.25, 0.3) is 0 Å². The molecular formula is C20H20N2O3. The molecule has 1 aromatic carbocycles. The number of nitrogens with one attached hydrogen (secondary N) is 1. The number of aromatic nitrogens is 1. The Hall–Kier alpha value is -3.08. The molecule has 3 aromatic rings. The molecule has 0 saturated heterocycles. The number of ether oxygens (including phenoxy) is 1. The van der Waals surface area contributed by atoms with Gasteiger partial charge in [-0.05, 0) is 45.9 Å². The van der Waals surface area contributed by atoms with Crippen LogP contribution in [0.4, 0.5) is 5.69 Å². The van der Waals surface area contributed by atoms with E-state index < -0.39 is 0 Å². The topological polar surface area (TPSA) is 64.4 Å². The number of hydrogen-bond donors (Lipinski definition) is 1. The van der Waals surface area contributed by atoms with Crippen LogP contribution >= 0.6 is 0 Å². The largest absolute Gasteiger partial charge is 0.466 e. The zero-order valence-electron chi connectivity index (χ0n) is 14.7. The fraction of sp³-hybridized carbons (Fsp3) is 0.200. The molecule has 0 saturated carbocycles. The molecule has 128 valence electrons. The highest BCUT2D eigenvalue weighted by Gasteiger charge is 2.18. The fourth-order valence-electron chi connectivity index (χ4n) is 2.56. The molecule has 0 aliphatic carbocycles. The quantitative estimate of drug-likeness (QED) is 0.732. The molecule has 0 atom stereocenters. The fourth-order valence-corrected chi connectivity index (χ4v) is 2.56. The van der Waals surface area contributed by atoms with Gasteiger partial charge in [0, 0.05) is 11.6 Å². The molecule has 2 heterocycles. The SMILES string of the molecule is Cc1ccc(Oc2ccc(NC(=O)c3c(C)oc(C)c3C)cn2)cc1. The number of pyridine rings is 1. The van der Waals surface area contributed by atoms with E-state index in [-0.39, 0.29) is 5.91 Å². The Balaban J connectivity index is 1.70. The molecule has 3 rings (SSSR count). The average molecular weight is 336 g/mol. The van der Waals surface area contributed by atoms with Crippen molar-refractivity contribution in [2.45, 2.75) is 27.7 Å². The molecule has 0 aliphatic heterocycles. The van der Waals surface area contributed by atoms with Gasteiger partial charge in [0.1, 0.15) is 17.3 Å². The Morgan fingerprint density at radius 2 is 1.72 bits per heavy atom. The molecule has 0 bridgehead atoms. The standard InChI is InChI=1S/C20H20N2O3/c1-12-5-8-17(9-6-12)25-18-10-7-16(11-21-18)22-20(23)19-13(2)14(3)24-15(19)4/h5-11H,1-4H3,(H,22,23). The molecule has 0 unspecified atom stereocenters. The van der Waals surface area contributed by atoms with Crippen LogP contribution in [0.3, 0.4) is 0 Å². The zero-order chi connectivity index (χ0) is 18.0. The van der Waals surface area contributed by atoms with Crippen LogP contribution < -0.4 is 10.1 Å². The van der Waals surface area contributed by atoms with E-state index in [0.29, 0.717) is 22.9 Å². The Bertz CT molecular complexity index is 894. The monoisotopic (exact) mass is 336 g/mol. The summed E-state index contributed by atoms with van der Waals surface area (Å²) in [6.07, 6.45) is 1.57. The van der Waals surface area contributed by atoms with Crippen LogP contribution in [-0.4, -0.2) is 10.9 Å². The Morgan fingerprint density at radius 1 is 1.00 bits per heavy atom. The first-order valence-corrected chi connectivity index (χ1v) is 8.02. The molecule has 1 amide bonds.